The smallest absolute Gasteiger partial charge is 0.151 e. The Morgan fingerprint density at radius 1 is 0.955 bits per heavy atom. The number of piperazine rings is 1. The predicted octanol–water partition coefficient (Wildman–Crippen LogP) is 2.25. The zero-order chi connectivity index (χ0) is 14.9. The van der Waals surface area contributed by atoms with Gasteiger partial charge >= 0.3 is 0 Å². The third kappa shape index (κ3) is 2.26. The van der Waals surface area contributed by atoms with Crippen molar-refractivity contribution >= 4 is 22.6 Å². The molecule has 0 atom stereocenters. The van der Waals surface area contributed by atoms with Crippen LogP contribution in [0.3, 0.4) is 0 Å². The number of fused-ring (bicyclic) bond motifs is 1. The van der Waals surface area contributed by atoms with Crippen molar-refractivity contribution in [2.24, 2.45) is 0 Å². The SMILES string of the molecule is Cc1ccc(N2CCN(c3nccc4occc34)CC2)nn1. The molecule has 0 amide bonds. The topological polar surface area (TPSA) is 58.3 Å². The van der Waals surface area contributed by atoms with E-state index >= 15 is 0 Å². The van der Waals surface area contributed by atoms with Crippen LogP contribution in [0, 0.1) is 6.92 Å². The standard InChI is InChI=1S/C16H17N5O/c1-12-2-3-15(19-18-12)20-7-9-21(10-8-20)16-13-5-11-22-14(13)4-6-17-16/h2-6,11H,7-10H2,1H3. The van der Waals surface area contributed by atoms with Crippen molar-refractivity contribution in [2.45, 2.75) is 6.92 Å². The highest BCUT2D eigenvalue weighted by Crippen LogP contribution is 2.26. The zero-order valence-electron chi connectivity index (χ0n) is 12.4. The molecule has 0 bridgehead atoms. The summed E-state index contributed by atoms with van der Waals surface area (Å²) in [6, 6.07) is 7.92. The maximum absolute atomic E-state index is 5.46. The number of furan rings is 1. The fraction of sp³-hybridized carbons (Fsp3) is 0.312. The second-order valence-corrected chi connectivity index (χ2v) is 5.47. The molecule has 0 saturated carbocycles. The first kappa shape index (κ1) is 13.1. The average Bonchev–Trinajstić information content (AvgIpc) is 3.04. The molecule has 0 N–H and O–H groups in total. The minimum Gasteiger partial charge on any atom is -0.464 e. The van der Waals surface area contributed by atoms with Crippen LogP contribution in [-0.4, -0.2) is 41.4 Å². The number of hydrogen-bond acceptors (Lipinski definition) is 6. The summed E-state index contributed by atoms with van der Waals surface area (Å²) in [6.07, 6.45) is 3.52. The monoisotopic (exact) mass is 295 g/mol. The molecule has 1 fully saturated rings. The van der Waals surface area contributed by atoms with Gasteiger partial charge in [-0.25, -0.2) is 4.98 Å². The van der Waals surface area contributed by atoms with E-state index in [1.807, 2.05) is 31.2 Å². The molecule has 3 aromatic heterocycles. The Kier molecular flexibility index (Phi) is 3.14. The Balaban J connectivity index is 1.52. The lowest BCUT2D eigenvalue weighted by atomic mass is 10.2. The normalized spacial score (nSPS) is 15.5. The Morgan fingerprint density at radius 3 is 2.55 bits per heavy atom. The number of rotatable bonds is 2. The number of aromatic nitrogens is 3. The molecule has 0 unspecified atom stereocenters. The molecule has 4 heterocycles. The average molecular weight is 295 g/mol. The summed E-state index contributed by atoms with van der Waals surface area (Å²) in [5, 5.41) is 9.48. The van der Waals surface area contributed by atoms with Crippen molar-refractivity contribution < 1.29 is 4.42 Å². The van der Waals surface area contributed by atoms with Gasteiger partial charge in [0.2, 0.25) is 0 Å². The Labute approximate surface area is 128 Å². The summed E-state index contributed by atoms with van der Waals surface area (Å²) in [5.41, 5.74) is 1.83. The van der Waals surface area contributed by atoms with Crippen LogP contribution in [0.4, 0.5) is 11.6 Å². The van der Waals surface area contributed by atoms with Gasteiger partial charge in [0.05, 0.1) is 17.3 Å². The van der Waals surface area contributed by atoms with E-state index < -0.39 is 0 Å². The van der Waals surface area contributed by atoms with Crippen LogP contribution in [0.25, 0.3) is 11.0 Å². The van der Waals surface area contributed by atoms with Gasteiger partial charge in [0.15, 0.2) is 5.82 Å². The van der Waals surface area contributed by atoms with Crippen LogP contribution < -0.4 is 9.80 Å². The number of aryl methyl sites for hydroxylation is 1. The molecule has 6 heteroatoms. The van der Waals surface area contributed by atoms with Crippen molar-refractivity contribution in [3.8, 4) is 0 Å². The van der Waals surface area contributed by atoms with Gasteiger partial charge in [0, 0.05) is 32.4 Å². The minimum atomic E-state index is 0.886. The molecule has 112 valence electrons. The Morgan fingerprint density at radius 2 is 1.77 bits per heavy atom. The highest BCUT2D eigenvalue weighted by atomic mass is 16.3. The van der Waals surface area contributed by atoms with E-state index in [4.69, 9.17) is 4.42 Å². The summed E-state index contributed by atoms with van der Waals surface area (Å²) < 4.78 is 5.46. The summed E-state index contributed by atoms with van der Waals surface area (Å²) in [4.78, 5) is 9.10. The number of nitrogens with zero attached hydrogens (tertiary/aromatic N) is 5. The van der Waals surface area contributed by atoms with E-state index in [-0.39, 0.29) is 0 Å². The highest BCUT2D eigenvalue weighted by Gasteiger charge is 2.21. The molecular formula is C16H17N5O. The van der Waals surface area contributed by atoms with E-state index in [0.29, 0.717) is 0 Å². The lowest BCUT2D eigenvalue weighted by Crippen LogP contribution is -2.47. The van der Waals surface area contributed by atoms with Crippen LogP contribution in [-0.2, 0) is 0 Å². The Hall–Kier alpha value is -2.63. The second kappa shape index (κ2) is 5.29. The first-order valence-electron chi connectivity index (χ1n) is 7.44. The molecule has 0 aromatic carbocycles. The van der Waals surface area contributed by atoms with Crippen molar-refractivity contribution in [2.75, 3.05) is 36.0 Å². The maximum atomic E-state index is 5.46. The van der Waals surface area contributed by atoms with Crippen molar-refractivity contribution in [1.82, 2.24) is 15.2 Å². The van der Waals surface area contributed by atoms with E-state index in [0.717, 1.165) is 54.5 Å². The van der Waals surface area contributed by atoms with Gasteiger partial charge in [-0.3, -0.25) is 0 Å². The lowest BCUT2D eigenvalue weighted by Gasteiger charge is -2.36. The first-order chi connectivity index (χ1) is 10.8. The minimum absolute atomic E-state index is 0.886. The molecule has 1 saturated heterocycles. The van der Waals surface area contributed by atoms with Crippen LogP contribution in [0.5, 0.6) is 0 Å². The molecule has 4 rings (SSSR count). The van der Waals surface area contributed by atoms with E-state index in [1.54, 1.807) is 12.5 Å². The number of hydrogen-bond donors (Lipinski definition) is 0. The molecule has 1 aliphatic heterocycles. The molecular weight excluding hydrogens is 278 g/mol. The van der Waals surface area contributed by atoms with Gasteiger partial charge in [0.25, 0.3) is 0 Å². The number of pyridine rings is 1. The van der Waals surface area contributed by atoms with Crippen LogP contribution >= 0.6 is 0 Å². The fourth-order valence-corrected chi connectivity index (χ4v) is 2.84. The van der Waals surface area contributed by atoms with E-state index in [2.05, 4.69) is 25.0 Å². The van der Waals surface area contributed by atoms with Gasteiger partial charge in [0.1, 0.15) is 11.4 Å². The summed E-state index contributed by atoms with van der Waals surface area (Å²) in [6.45, 7) is 5.59. The summed E-state index contributed by atoms with van der Waals surface area (Å²) >= 11 is 0. The molecule has 0 aliphatic carbocycles. The fourth-order valence-electron chi connectivity index (χ4n) is 2.84. The highest BCUT2D eigenvalue weighted by molar-refractivity contribution is 5.88. The third-order valence-corrected chi connectivity index (χ3v) is 4.05. The van der Waals surface area contributed by atoms with Gasteiger partial charge in [-0.2, -0.15) is 5.10 Å². The number of anilines is 2. The van der Waals surface area contributed by atoms with Gasteiger partial charge in [-0.1, -0.05) is 0 Å². The molecule has 3 aromatic rings. The molecule has 22 heavy (non-hydrogen) atoms. The van der Waals surface area contributed by atoms with E-state index in [9.17, 15) is 0 Å². The van der Waals surface area contributed by atoms with Crippen LogP contribution in [0.2, 0.25) is 0 Å². The predicted molar refractivity (Wildman–Crippen MR) is 85.2 cm³/mol. The van der Waals surface area contributed by atoms with Gasteiger partial charge in [-0.05, 0) is 31.2 Å². The molecule has 0 radical (unpaired) electrons. The van der Waals surface area contributed by atoms with Crippen molar-refractivity contribution in [3.63, 3.8) is 0 Å². The third-order valence-electron chi connectivity index (χ3n) is 4.05. The molecule has 0 spiro atoms. The molecule has 1 aliphatic rings. The van der Waals surface area contributed by atoms with Gasteiger partial charge in [-0.15, -0.1) is 5.10 Å². The largest absolute Gasteiger partial charge is 0.464 e. The summed E-state index contributed by atoms with van der Waals surface area (Å²) in [5.74, 6) is 1.95. The van der Waals surface area contributed by atoms with Crippen molar-refractivity contribution in [1.29, 1.82) is 0 Å². The van der Waals surface area contributed by atoms with Gasteiger partial charge < -0.3 is 14.2 Å². The maximum Gasteiger partial charge on any atom is 0.151 e. The Bertz CT molecular complexity index is 775. The zero-order valence-corrected chi connectivity index (χ0v) is 12.4. The first-order valence-corrected chi connectivity index (χ1v) is 7.44. The molecule has 6 nitrogen and oxygen atoms in total. The lowest BCUT2D eigenvalue weighted by molar-refractivity contribution is 0.614. The summed E-state index contributed by atoms with van der Waals surface area (Å²) in [7, 11) is 0. The van der Waals surface area contributed by atoms with Crippen LogP contribution in [0.1, 0.15) is 5.69 Å². The second-order valence-electron chi connectivity index (χ2n) is 5.47. The van der Waals surface area contributed by atoms with E-state index in [1.165, 1.54) is 0 Å². The van der Waals surface area contributed by atoms with Crippen LogP contribution in [0.15, 0.2) is 41.1 Å². The quantitative estimate of drug-likeness (QED) is 0.723. The van der Waals surface area contributed by atoms with Crippen molar-refractivity contribution in [3.05, 3.63) is 42.4 Å².